The number of aryl methyl sites for hydroxylation is 2. The summed E-state index contributed by atoms with van der Waals surface area (Å²) in [5, 5.41) is 7.80. The van der Waals surface area contributed by atoms with Crippen LogP contribution in [0.25, 0.3) is 0 Å². The van der Waals surface area contributed by atoms with E-state index >= 15 is 0 Å². The zero-order chi connectivity index (χ0) is 14.4. The Hall–Kier alpha value is -1.68. The van der Waals surface area contributed by atoms with E-state index in [4.69, 9.17) is 0 Å². The second-order valence-electron chi connectivity index (χ2n) is 5.14. The Labute approximate surface area is 121 Å². The summed E-state index contributed by atoms with van der Waals surface area (Å²) in [6.07, 6.45) is 3.58. The van der Waals surface area contributed by atoms with Crippen molar-refractivity contribution in [3.63, 3.8) is 0 Å². The van der Waals surface area contributed by atoms with Gasteiger partial charge in [-0.25, -0.2) is 4.98 Å². The molecule has 0 aliphatic heterocycles. The van der Waals surface area contributed by atoms with Gasteiger partial charge in [0.1, 0.15) is 12.2 Å². The Morgan fingerprint density at radius 2 is 1.90 bits per heavy atom. The summed E-state index contributed by atoms with van der Waals surface area (Å²) in [7, 11) is 0. The first kappa shape index (κ1) is 14.7. The minimum atomic E-state index is 0.400. The summed E-state index contributed by atoms with van der Waals surface area (Å²) >= 11 is 0. The number of hydrogen-bond donors (Lipinski definition) is 1. The molecule has 0 fully saturated rings. The molecule has 1 N–H and O–H groups in total. The Morgan fingerprint density at radius 1 is 1.15 bits per heavy atom. The molecule has 0 spiro atoms. The molecule has 2 aromatic rings. The number of nitrogens with one attached hydrogen (secondary N) is 1. The predicted molar refractivity (Wildman–Crippen MR) is 81.7 cm³/mol. The summed E-state index contributed by atoms with van der Waals surface area (Å²) in [5.41, 5.74) is 2.67. The van der Waals surface area contributed by atoms with Gasteiger partial charge in [0.2, 0.25) is 0 Å². The molecule has 4 nitrogen and oxygen atoms in total. The normalized spacial score (nSPS) is 12.6. The summed E-state index contributed by atoms with van der Waals surface area (Å²) < 4.78 is 1.97. The number of rotatable bonds is 7. The van der Waals surface area contributed by atoms with Crippen molar-refractivity contribution >= 4 is 0 Å². The SMILES string of the molecule is CCNC(Cc1ccc(C)cc1)Cc1ncnn1CC. The first-order chi connectivity index (χ1) is 9.72. The second kappa shape index (κ2) is 7.20. The largest absolute Gasteiger partial charge is 0.313 e. The van der Waals surface area contributed by atoms with E-state index in [0.29, 0.717) is 6.04 Å². The number of hydrogen-bond acceptors (Lipinski definition) is 3. The standard InChI is InChI=1S/C16H24N4/c1-4-17-15(10-14-8-6-13(3)7-9-14)11-16-18-12-19-20(16)5-2/h6-9,12,15,17H,4-5,10-11H2,1-3H3. The molecule has 1 unspecified atom stereocenters. The molecule has 0 aliphatic rings. The third-order valence-corrected chi connectivity index (χ3v) is 3.52. The minimum absolute atomic E-state index is 0.400. The predicted octanol–water partition coefficient (Wildman–Crippen LogP) is 2.37. The van der Waals surface area contributed by atoms with Gasteiger partial charge in [0, 0.05) is 19.0 Å². The molecule has 0 saturated carbocycles. The van der Waals surface area contributed by atoms with E-state index in [1.54, 1.807) is 6.33 Å². The fraction of sp³-hybridized carbons (Fsp3) is 0.500. The van der Waals surface area contributed by atoms with E-state index in [1.807, 2.05) is 4.68 Å². The lowest BCUT2D eigenvalue weighted by molar-refractivity contribution is 0.490. The lowest BCUT2D eigenvalue weighted by Crippen LogP contribution is -2.34. The highest BCUT2D eigenvalue weighted by Crippen LogP contribution is 2.09. The molecular formula is C16H24N4. The van der Waals surface area contributed by atoms with E-state index in [0.717, 1.165) is 31.8 Å². The van der Waals surface area contributed by atoms with Gasteiger partial charge in [-0.05, 0) is 32.4 Å². The van der Waals surface area contributed by atoms with Crippen LogP contribution in [0.1, 0.15) is 30.8 Å². The monoisotopic (exact) mass is 272 g/mol. The van der Waals surface area contributed by atoms with Gasteiger partial charge in [-0.3, -0.25) is 4.68 Å². The first-order valence-corrected chi connectivity index (χ1v) is 7.38. The van der Waals surface area contributed by atoms with Gasteiger partial charge in [-0.15, -0.1) is 0 Å². The maximum absolute atomic E-state index is 4.38. The fourth-order valence-corrected chi connectivity index (χ4v) is 2.44. The van der Waals surface area contributed by atoms with Crippen LogP contribution in [-0.2, 0) is 19.4 Å². The summed E-state index contributed by atoms with van der Waals surface area (Å²) in [6, 6.07) is 9.17. The molecule has 0 bridgehead atoms. The molecule has 1 atom stereocenters. The van der Waals surface area contributed by atoms with Crippen molar-refractivity contribution in [2.45, 2.75) is 46.2 Å². The molecule has 108 valence electrons. The molecule has 20 heavy (non-hydrogen) atoms. The minimum Gasteiger partial charge on any atom is -0.313 e. The van der Waals surface area contributed by atoms with Crippen LogP contribution in [0.3, 0.4) is 0 Å². The highest BCUT2D eigenvalue weighted by Gasteiger charge is 2.13. The Kier molecular flexibility index (Phi) is 5.30. The number of likely N-dealkylation sites (N-methyl/N-ethyl adjacent to an activating group) is 1. The molecule has 0 radical (unpaired) electrons. The molecule has 0 saturated heterocycles. The third kappa shape index (κ3) is 3.90. The van der Waals surface area contributed by atoms with Crippen LogP contribution in [-0.4, -0.2) is 27.4 Å². The van der Waals surface area contributed by atoms with Gasteiger partial charge in [-0.1, -0.05) is 36.8 Å². The van der Waals surface area contributed by atoms with Gasteiger partial charge in [0.25, 0.3) is 0 Å². The lowest BCUT2D eigenvalue weighted by atomic mass is 10.0. The third-order valence-electron chi connectivity index (χ3n) is 3.52. The molecule has 2 rings (SSSR count). The Balaban J connectivity index is 2.05. The van der Waals surface area contributed by atoms with E-state index in [9.17, 15) is 0 Å². The fourth-order valence-electron chi connectivity index (χ4n) is 2.44. The van der Waals surface area contributed by atoms with Crippen LogP contribution in [0.4, 0.5) is 0 Å². The molecular weight excluding hydrogens is 248 g/mol. The van der Waals surface area contributed by atoms with Crippen molar-refractivity contribution in [2.75, 3.05) is 6.54 Å². The van der Waals surface area contributed by atoms with Crippen molar-refractivity contribution in [3.8, 4) is 0 Å². The number of aromatic nitrogens is 3. The van der Waals surface area contributed by atoms with Crippen LogP contribution in [0.15, 0.2) is 30.6 Å². The van der Waals surface area contributed by atoms with Crippen molar-refractivity contribution in [2.24, 2.45) is 0 Å². The number of nitrogens with zero attached hydrogens (tertiary/aromatic N) is 3. The quantitative estimate of drug-likeness (QED) is 0.841. The smallest absolute Gasteiger partial charge is 0.138 e. The zero-order valence-corrected chi connectivity index (χ0v) is 12.6. The van der Waals surface area contributed by atoms with Crippen LogP contribution in [0, 0.1) is 6.92 Å². The van der Waals surface area contributed by atoms with Crippen LogP contribution in [0.2, 0.25) is 0 Å². The van der Waals surface area contributed by atoms with Gasteiger partial charge >= 0.3 is 0 Å². The van der Waals surface area contributed by atoms with Crippen molar-refractivity contribution in [1.29, 1.82) is 0 Å². The summed E-state index contributed by atoms with van der Waals surface area (Å²) in [4.78, 5) is 4.38. The highest BCUT2D eigenvalue weighted by molar-refractivity contribution is 5.22. The maximum atomic E-state index is 4.38. The molecule has 0 amide bonds. The van der Waals surface area contributed by atoms with E-state index in [-0.39, 0.29) is 0 Å². The first-order valence-electron chi connectivity index (χ1n) is 7.38. The molecule has 1 aromatic heterocycles. The molecule has 1 aromatic carbocycles. The molecule has 0 aliphatic carbocycles. The molecule has 4 heteroatoms. The van der Waals surface area contributed by atoms with E-state index in [1.165, 1.54) is 11.1 Å². The van der Waals surface area contributed by atoms with Crippen LogP contribution < -0.4 is 5.32 Å². The second-order valence-corrected chi connectivity index (χ2v) is 5.14. The van der Waals surface area contributed by atoms with Crippen molar-refractivity contribution in [1.82, 2.24) is 20.1 Å². The average molecular weight is 272 g/mol. The Bertz CT molecular complexity index is 516. The zero-order valence-electron chi connectivity index (χ0n) is 12.6. The summed E-state index contributed by atoms with van der Waals surface area (Å²) in [5.74, 6) is 1.06. The summed E-state index contributed by atoms with van der Waals surface area (Å²) in [6.45, 7) is 8.21. The Morgan fingerprint density at radius 3 is 2.55 bits per heavy atom. The maximum Gasteiger partial charge on any atom is 0.138 e. The van der Waals surface area contributed by atoms with Crippen molar-refractivity contribution < 1.29 is 0 Å². The van der Waals surface area contributed by atoms with Gasteiger partial charge in [0.05, 0.1) is 0 Å². The van der Waals surface area contributed by atoms with Crippen molar-refractivity contribution in [3.05, 3.63) is 47.5 Å². The average Bonchev–Trinajstić information content (AvgIpc) is 2.89. The molecule has 1 heterocycles. The van der Waals surface area contributed by atoms with Crippen LogP contribution in [0.5, 0.6) is 0 Å². The van der Waals surface area contributed by atoms with Gasteiger partial charge in [0.15, 0.2) is 0 Å². The topological polar surface area (TPSA) is 42.7 Å². The highest BCUT2D eigenvalue weighted by atomic mass is 15.3. The van der Waals surface area contributed by atoms with E-state index < -0.39 is 0 Å². The van der Waals surface area contributed by atoms with Crippen LogP contribution >= 0.6 is 0 Å². The lowest BCUT2D eigenvalue weighted by Gasteiger charge is -2.18. The van der Waals surface area contributed by atoms with E-state index in [2.05, 4.69) is 60.4 Å². The number of benzene rings is 1. The van der Waals surface area contributed by atoms with Gasteiger partial charge in [-0.2, -0.15) is 5.10 Å². The van der Waals surface area contributed by atoms with Gasteiger partial charge < -0.3 is 5.32 Å².